The Labute approximate surface area is 144 Å². The van der Waals surface area contributed by atoms with Crippen molar-refractivity contribution in [3.05, 3.63) is 28.1 Å². The smallest absolute Gasteiger partial charge is 0.266 e. The quantitative estimate of drug-likeness (QED) is 0.920. The molecule has 7 heteroatoms. The highest BCUT2D eigenvalue weighted by Crippen LogP contribution is 2.31. The largest absolute Gasteiger partial charge is 0.350 e. The van der Waals surface area contributed by atoms with Crippen molar-refractivity contribution in [1.29, 1.82) is 0 Å². The summed E-state index contributed by atoms with van der Waals surface area (Å²) in [6.45, 7) is 7.58. The first-order valence-electron chi connectivity index (χ1n) is 7.25. The average Bonchev–Trinajstić information content (AvgIpc) is 3.04. The molecular weight excluding hydrogens is 330 g/mol. The molecule has 0 aliphatic rings. The predicted molar refractivity (Wildman–Crippen MR) is 95.0 cm³/mol. The lowest BCUT2D eigenvalue weighted by Crippen LogP contribution is -2.46. The van der Waals surface area contributed by atoms with Crippen molar-refractivity contribution in [1.82, 2.24) is 15.2 Å². The highest BCUT2D eigenvalue weighted by Gasteiger charge is 2.22. The number of hydrogen-bond donors (Lipinski definition) is 1. The number of hydrogen-bond acceptors (Lipinski definition) is 5. The van der Waals surface area contributed by atoms with E-state index in [9.17, 15) is 9.59 Å². The molecule has 0 fully saturated rings. The Bertz CT molecular complexity index is 699. The van der Waals surface area contributed by atoms with E-state index in [2.05, 4.69) is 10.3 Å². The van der Waals surface area contributed by atoms with Crippen molar-refractivity contribution >= 4 is 34.5 Å². The SMILES string of the molecule is Cc1nc(-c2cccs2)sc1C(=O)N(C)CC(=O)NC(C)(C)C. The molecule has 1 N–H and O–H groups in total. The Morgan fingerprint density at radius 2 is 2.04 bits per heavy atom. The van der Waals surface area contributed by atoms with Gasteiger partial charge in [0, 0.05) is 12.6 Å². The van der Waals surface area contributed by atoms with Gasteiger partial charge in [-0.1, -0.05) is 6.07 Å². The van der Waals surface area contributed by atoms with Crippen LogP contribution in [0.1, 0.15) is 36.1 Å². The van der Waals surface area contributed by atoms with E-state index in [1.807, 2.05) is 45.2 Å². The minimum atomic E-state index is -0.312. The third-order valence-corrected chi connectivity index (χ3v) is 5.15. The first kappa shape index (κ1) is 17.6. The summed E-state index contributed by atoms with van der Waals surface area (Å²) in [7, 11) is 1.63. The number of amides is 2. The molecule has 0 saturated heterocycles. The maximum absolute atomic E-state index is 12.6. The van der Waals surface area contributed by atoms with E-state index in [0.717, 1.165) is 9.88 Å². The van der Waals surface area contributed by atoms with E-state index in [-0.39, 0.29) is 23.9 Å². The zero-order chi connectivity index (χ0) is 17.2. The standard InChI is InChI=1S/C16H21N3O2S2/c1-10-13(23-14(17-10)11-7-6-8-22-11)15(21)19(5)9-12(20)18-16(2,3)4/h6-8H,9H2,1-5H3,(H,18,20). The summed E-state index contributed by atoms with van der Waals surface area (Å²) in [5.41, 5.74) is 0.389. The van der Waals surface area contributed by atoms with Crippen LogP contribution in [0.15, 0.2) is 17.5 Å². The molecule has 124 valence electrons. The molecule has 0 radical (unpaired) electrons. The van der Waals surface area contributed by atoms with Gasteiger partial charge in [0.05, 0.1) is 17.1 Å². The van der Waals surface area contributed by atoms with Crippen LogP contribution < -0.4 is 5.32 Å². The second-order valence-corrected chi connectivity index (χ2v) is 8.32. The molecule has 5 nitrogen and oxygen atoms in total. The third-order valence-electron chi connectivity index (χ3n) is 2.96. The molecule has 2 amide bonds. The van der Waals surface area contributed by atoms with Gasteiger partial charge in [0.1, 0.15) is 9.88 Å². The lowest BCUT2D eigenvalue weighted by atomic mass is 10.1. The summed E-state index contributed by atoms with van der Waals surface area (Å²) in [5, 5.41) is 5.68. The van der Waals surface area contributed by atoms with Crippen LogP contribution in [0, 0.1) is 6.92 Å². The number of carbonyl (C=O) groups excluding carboxylic acids is 2. The normalized spacial score (nSPS) is 11.3. The minimum Gasteiger partial charge on any atom is -0.350 e. The monoisotopic (exact) mass is 351 g/mol. The predicted octanol–water partition coefficient (Wildman–Crippen LogP) is 3.17. The highest BCUT2D eigenvalue weighted by atomic mass is 32.1. The van der Waals surface area contributed by atoms with Crippen LogP contribution in [0.25, 0.3) is 9.88 Å². The lowest BCUT2D eigenvalue weighted by Gasteiger charge is -2.23. The Kier molecular flexibility index (Phi) is 5.21. The number of likely N-dealkylation sites (N-methyl/N-ethyl adjacent to an activating group) is 1. The Balaban J connectivity index is 2.09. The number of nitrogens with one attached hydrogen (secondary N) is 1. The molecule has 2 rings (SSSR count). The number of nitrogens with zero attached hydrogens (tertiary/aromatic N) is 2. The maximum Gasteiger partial charge on any atom is 0.266 e. The van der Waals surface area contributed by atoms with Gasteiger partial charge in [0.2, 0.25) is 5.91 Å². The van der Waals surface area contributed by atoms with Crippen LogP contribution in [0.5, 0.6) is 0 Å². The Morgan fingerprint density at radius 3 is 2.61 bits per heavy atom. The first-order chi connectivity index (χ1) is 10.7. The zero-order valence-electron chi connectivity index (χ0n) is 14.0. The van der Waals surface area contributed by atoms with Gasteiger partial charge in [-0.3, -0.25) is 9.59 Å². The number of aromatic nitrogens is 1. The van der Waals surface area contributed by atoms with E-state index < -0.39 is 0 Å². The number of rotatable bonds is 4. The van der Waals surface area contributed by atoms with Crippen LogP contribution in [-0.2, 0) is 4.79 Å². The van der Waals surface area contributed by atoms with Gasteiger partial charge in [-0.2, -0.15) is 0 Å². The Hall–Kier alpha value is -1.73. The summed E-state index contributed by atoms with van der Waals surface area (Å²) in [4.78, 5) is 32.1. The van der Waals surface area contributed by atoms with Gasteiger partial charge in [-0.15, -0.1) is 22.7 Å². The molecule has 0 aliphatic heterocycles. The fourth-order valence-corrected chi connectivity index (χ4v) is 3.88. The lowest BCUT2D eigenvalue weighted by molar-refractivity contribution is -0.122. The summed E-state index contributed by atoms with van der Waals surface area (Å²) in [6, 6.07) is 3.94. The summed E-state index contributed by atoms with van der Waals surface area (Å²) in [5.74, 6) is -0.346. The van der Waals surface area contributed by atoms with Crippen molar-refractivity contribution in [2.45, 2.75) is 33.2 Å². The number of aryl methyl sites for hydroxylation is 1. The van der Waals surface area contributed by atoms with Crippen molar-refractivity contribution < 1.29 is 9.59 Å². The van der Waals surface area contributed by atoms with E-state index in [1.165, 1.54) is 16.2 Å². The summed E-state index contributed by atoms with van der Waals surface area (Å²) < 4.78 is 0. The van der Waals surface area contributed by atoms with Crippen molar-refractivity contribution in [3.63, 3.8) is 0 Å². The molecular formula is C16H21N3O2S2. The molecule has 0 bridgehead atoms. The van der Waals surface area contributed by atoms with E-state index in [1.54, 1.807) is 18.4 Å². The van der Waals surface area contributed by atoms with Gasteiger partial charge >= 0.3 is 0 Å². The fraction of sp³-hybridized carbons (Fsp3) is 0.438. The second kappa shape index (κ2) is 6.80. The molecule has 2 heterocycles. The third kappa shape index (κ3) is 4.62. The number of thiophene rings is 1. The van der Waals surface area contributed by atoms with Gasteiger partial charge in [-0.05, 0) is 39.1 Å². The van der Waals surface area contributed by atoms with Crippen LogP contribution in [-0.4, -0.2) is 40.8 Å². The van der Waals surface area contributed by atoms with Crippen LogP contribution in [0.4, 0.5) is 0 Å². The topological polar surface area (TPSA) is 62.3 Å². The van der Waals surface area contributed by atoms with Crippen molar-refractivity contribution in [2.24, 2.45) is 0 Å². The van der Waals surface area contributed by atoms with E-state index in [0.29, 0.717) is 10.6 Å². The highest BCUT2D eigenvalue weighted by molar-refractivity contribution is 7.22. The van der Waals surface area contributed by atoms with Gasteiger partial charge in [0.25, 0.3) is 5.91 Å². The number of thiazole rings is 1. The van der Waals surface area contributed by atoms with Gasteiger partial charge in [0.15, 0.2) is 0 Å². The summed E-state index contributed by atoms with van der Waals surface area (Å²) in [6.07, 6.45) is 0. The molecule has 0 atom stereocenters. The maximum atomic E-state index is 12.6. The van der Waals surface area contributed by atoms with Crippen LogP contribution in [0.2, 0.25) is 0 Å². The minimum absolute atomic E-state index is 0.0295. The van der Waals surface area contributed by atoms with Gasteiger partial charge in [-0.25, -0.2) is 4.98 Å². The second-order valence-electron chi connectivity index (χ2n) is 6.37. The van der Waals surface area contributed by atoms with Crippen molar-refractivity contribution in [3.8, 4) is 9.88 Å². The molecule has 23 heavy (non-hydrogen) atoms. The fourth-order valence-electron chi connectivity index (χ4n) is 2.02. The molecule has 2 aromatic heterocycles. The number of carbonyl (C=O) groups is 2. The van der Waals surface area contributed by atoms with Crippen LogP contribution in [0.3, 0.4) is 0 Å². The zero-order valence-corrected chi connectivity index (χ0v) is 15.6. The summed E-state index contributed by atoms with van der Waals surface area (Å²) >= 11 is 2.96. The molecule has 0 aromatic carbocycles. The van der Waals surface area contributed by atoms with Crippen molar-refractivity contribution in [2.75, 3.05) is 13.6 Å². The van der Waals surface area contributed by atoms with Crippen LogP contribution >= 0.6 is 22.7 Å². The molecule has 0 aliphatic carbocycles. The Morgan fingerprint density at radius 1 is 1.35 bits per heavy atom. The van der Waals surface area contributed by atoms with E-state index in [4.69, 9.17) is 0 Å². The molecule has 0 saturated carbocycles. The molecule has 0 unspecified atom stereocenters. The van der Waals surface area contributed by atoms with Gasteiger partial charge < -0.3 is 10.2 Å². The molecule has 2 aromatic rings. The molecule has 0 spiro atoms. The average molecular weight is 351 g/mol. The van der Waals surface area contributed by atoms with E-state index >= 15 is 0 Å². The first-order valence-corrected chi connectivity index (χ1v) is 8.95.